The molecule has 0 amide bonds. The van der Waals surface area contributed by atoms with Gasteiger partial charge in [0.25, 0.3) is 0 Å². The molecule has 2 aliphatic rings. The van der Waals surface area contributed by atoms with Gasteiger partial charge in [0.1, 0.15) is 0 Å². The number of aliphatic hydroxyl groups is 1. The summed E-state index contributed by atoms with van der Waals surface area (Å²) in [7, 11) is 0. The molecular formula is C12H22O2S. The summed E-state index contributed by atoms with van der Waals surface area (Å²) >= 11 is 2.02. The first-order chi connectivity index (χ1) is 7.24. The van der Waals surface area contributed by atoms with E-state index in [9.17, 15) is 5.11 Å². The average molecular weight is 230 g/mol. The molecule has 2 rings (SSSR count). The minimum Gasteiger partial charge on any atom is -0.393 e. The van der Waals surface area contributed by atoms with Crippen LogP contribution < -0.4 is 0 Å². The third kappa shape index (κ3) is 2.89. The molecule has 0 bridgehead atoms. The lowest BCUT2D eigenvalue weighted by Crippen LogP contribution is -2.40. The number of aliphatic hydroxyl groups excluding tert-OH is 1. The largest absolute Gasteiger partial charge is 0.393 e. The maximum Gasteiger partial charge on any atom is 0.0783 e. The van der Waals surface area contributed by atoms with Gasteiger partial charge in [0.15, 0.2) is 0 Å². The Labute approximate surface area is 96.8 Å². The van der Waals surface area contributed by atoms with E-state index in [1.54, 1.807) is 0 Å². The van der Waals surface area contributed by atoms with Gasteiger partial charge in [-0.15, -0.1) is 0 Å². The lowest BCUT2D eigenvalue weighted by molar-refractivity contribution is -0.0855. The third-order valence-electron chi connectivity index (χ3n) is 3.74. The van der Waals surface area contributed by atoms with E-state index in [1.807, 2.05) is 11.8 Å². The van der Waals surface area contributed by atoms with E-state index in [-0.39, 0.29) is 11.7 Å². The zero-order valence-corrected chi connectivity index (χ0v) is 10.4. The summed E-state index contributed by atoms with van der Waals surface area (Å²) in [6.45, 7) is 2.97. The lowest BCUT2D eigenvalue weighted by atomic mass is 9.82. The Hall–Kier alpha value is 0.270. The Kier molecular flexibility index (Phi) is 3.97. The normalized spacial score (nSPS) is 38.4. The Bertz CT molecular complexity index is 202. The van der Waals surface area contributed by atoms with Crippen LogP contribution in [0.1, 0.15) is 39.0 Å². The number of ether oxygens (including phenoxy) is 1. The zero-order valence-electron chi connectivity index (χ0n) is 9.58. The second-order valence-electron chi connectivity index (χ2n) is 4.99. The molecule has 3 heteroatoms. The molecule has 0 aromatic heterocycles. The van der Waals surface area contributed by atoms with Crippen molar-refractivity contribution in [3.05, 3.63) is 0 Å². The summed E-state index contributed by atoms with van der Waals surface area (Å²) < 4.78 is 5.97. The molecule has 2 heterocycles. The van der Waals surface area contributed by atoms with E-state index in [4.69, 9.17) is 4.74 Å². The van der Waals surface area contributed by atoms with Crippen molar-refractivity contribution in [3.63, 3.8) is 0 Å². The van der Waals surface area contributed by atoms with Crippen LogP contribution in [-0.2, 0) is 4.74 Å². The fourth-order valence-corrected chi connectivity index (χ4v) is 4.12. The first-order valence-corrected chi connectivity index (χ1v) is 7.29. The fraction of sp³-hybridized carbons (Fsp3) is 1.00. The number of hydrogen-bond donors (Lipinski definition) is 1. The Balaban J connectivity index is 1.86. The summed E-state index contributed by atoms with van der Waals surface area (Å²) in [6.07, 6.45) is 5.31. The maximum absolute atomic E-state index is 9.70. The van der Waals surface area contributed by atoms with Gasteiger partial charge in [0.05, 0.1) is 11.7 Å². The zero-order chi connectivity index (χ0) is 10.7. The molecule has 2 saturated heterocycles. The SMILES string of the molecule is CCC(O)CC1CCOC2(CCSC2)C1. The third-order valence-corrected chi connectivity index (χ3v) is 4.96. The van der Waals surface area contributed by atoms with Crippen LogP contribution in [0.2, 0.25) is 0 Å². The van der Waals surface area contributed by atoms with Gasteiger partial charge in [-0.1, -0.05) is 6.92 Å². The van der Waals surface area contributed by atoms with Crippen LogP contribution in [0, 0.1) is 5.92 Å². The van der Waals surface area contributed by atoms with Gasteiger partial charge < -0.3 is 9.84 Å². The van der Waals surface area contributed by atoms with E-state index in [0.717, 1.165) is 25.9 Å². The van der Waals surface area contributed by atoms with Crippen LogP contribution in [0.3, 0.4) is 0 Å². The molecule has 1 N–H and O–H groups in total. The van der Waals surface area contributed by atoms with E-state index in [0.29, 0.717) is 5.92 Å². The van der Waals surface area contributed by atoms with Crippen molar-refractivity contribution >= 4 is 11.8 Å². The molecule has 0 saturated carbocycles. The molecule has 0 aromatic carbocycles. The molecule has 1 spiro atoms. The van der Waals surface area contributed by atoms with Crippen LogP contribution >= 0.6 is 11.8 Å². The Morgan fingerprint density at radius 2 is 2.47 bits per heavy atom. The highest BCUT2D eigenvalue weighted by Gasteiger charge is 2.40. The lowest BCUT2D eigenvalue weighted by Gasteiger charge is -2.38. The minimum absolute atomic E-state index is 0.0980. The molecule has 88 valence electrons. The second-order valence-corrected chi connectivity index (χ2v) is 6.10. The summed E-state index contributed by atoms with van der Waals surface area (Å²) in [6, 6.07) is 0. The minimum atomic E-state index is -0.0980. The average Bonchev–Trinajstić information content (AvgIpc) is 2.66. The molecule has 15 heavy (non-hydrogen) atoms. The molecule has 2 nitrogen and oxygen atoms in total. The van der Waals surface area contributed by atoms with Gasteiger partial charge in [0.2, 0.25) is 0 Å². The highest BCUT2D eigenvalue weighted by molar-refractivity contribution is 7.99. The van der Waals surface area contributed by atoms with Crippen LogP contribution in [0.15, 0.2) is 0 Å². The number of thioether (sulfide) groups is 1. The van der Waals surface area contributed by atoms with Crippen molar-refractivity contribution in [3.8, 4) is 0 Å². The van der Waals surface area contributed by atoms with Crippen LogP contribution in [-0.4, -0.2) is 34.9 Å². The van der Waals surface area contributed by atoms with Crippen LogP contribution in [0.5, 0.6) is 0 Å². The fourth-order valence-electron chi connectivity index (χ4n) is 2.75. The molecule has 0 aliphatic carbocycles. The molecular weight excluding hydrogens is 208 g/mol. The van der Waals surface area contributed by atoms with E-state index >= 15 is 0 Å². The van der Waals surface area contributed by atoms with Crippen molar-refractivity contribution in [1.29, 1.82) is 0 Å². The smallest absolute Gasteiger partial charge is 0.0783 e. The quantitative estimate of drug-likeness (QED) is 0.807. The Morgan fingerprint density at radius 3 is 3.13 bits per heavy atom. The standard InChI is InChI=1S/C12H22O2S/c1-2-11(13)7-10-3-5-14-12(8-10)4-6-15-9-12/h10-11,13H,2-9H2,1H3. The van der Waals surface area contributed by atoms with Crippen LogP contribution in [0.25, 0.3) is 0 Å². The van der Waals surface area contributed by atoms with Crippen molar-refractivity contribution < 1.29 is 9.84 Å². The molecule has 0 radical (unpaired) electrons. The monoisotopic (exact) mass is 230 g/mol. The highest BCUT2D eigenvalue weighted by atomic mass is 32.2. The molecule has 2 fully saturated rings. The predicted molar refractivity (Wildman–Crippen MR) is 64.3 cm³/mol. The first-order valence-electron chi connectivity index (χ1n) is 6.14. The van der Waals surface area contributed by atoms with Crippen molar-refractivity contribution in [2.24, 2.45) is 5.92 Å². The number of rotatable bonds is 3. The van der Waals surface area contributed by atoms with Crippen molar-refractivity contribution in [2.45, 2.75) is 50.7 Å². The summed E-state index contributed by atoms with van der Waals surface area (Å²) in [5.74, 6) is 3.11. The maximum atomic E-state index is 9.70. The van der Waals surface area contributed by atoms with E-state index in [1.165, 1.54) is 24.3 Å². The van der Waals surface area contributed by atoms with Crippen molar-refractivity contribution in [1.82, 2.24) is 0 Å². The van der Waals surface area contributed by atoms with E-state index in [2.05, 4.69) is 6.92 Å². The molecule has 2 aliphatic heterocycles. The van der Waals surface area contributed by atoms with Gasteiger partial charge in [0, 0.05) is 12.4 Å². The van der Waals surface area contributed by atoms with Gasteiger partial charge in [-0.25, -0.2) is 0 Å². The predicted octanol–water partition coefficient (Wildman–Crippen LogP) is 2.45. The number of hydrogen-bond acceptors (Lipinski definition) is 3. The summed E-state index contributed by atoms with van der Waals surface area (Å²) in [5, 5.41) is 9.70. The van der Waals surface area contributed by atoms with Crippen LogP contribution in [0.4, 0.5) is 0 Å². The van der Waals surface area contributed by atoms with Gasteiger partial charge >= 0.3 is 0 Å². The van der Waals surface area contributed by atoms with Gasteiger partial charge in [-0.05, 0) is 43.8 Å². The molecule has 3 unspecified atom stereocenters. The van der Waals surface area contributed by atoms with Gasteiger partial charge in [-0.3, -0.25) is 0 Å². The summed E-state index contributed by atoms with van der Waals surface area (Å²) in [5.41, 5.74) is 0.182. The second kappa shape index (κ2) is 5.07. The Morgan fingerprint density at radius 1 is 1.60 bits per heavy atom. The first kappa shape index (κ1) is 11.7. The van der Waals surface area contributed by atoms with Crippen molar-refractivity contribution in [2.75, 3.05) is 18.1 Å². The summed E-state index contributed by atoms with van der Waals surface area (Å²) in [4.78, 5) is 0. The van der Waals surface area contributed by atoms with E-state index < -0.39 is 0 Å². The van der Waals surface area contributed by atoms with Gasteiger partial charge in [-0.2, -0.15) is 11.8 Å². The molecule has 0 aromatic rings. The topological polar surface area (TPSA) is 29.5 Å². The molecule has 3 atom stereocenters. The highest BCUT2D eigenvalue weighted by Crippen LogP contribution is 2.41.